The van der Waals surface area contributed by atoms with Crippen LogP contribution in [0.15, 0.2) is 30.6 Å². The molecule has 0 bridgehead atoms. The maximum Gasteiger partial charge on any atom is 0.433 e. The molecule has 0 spiro atoms. The molecule has 1 atom stereocenters. The van der Waals surface area contributed by atoms with Gasteiger partial charge < -0.3 is 5.32 Å². The van der Waals surface area contributed by atoms with Crippen LogP contribution >= 0.6 is 0 Å². The van der Waals surface area contributed by atoms with E-state index < -0.39 is 17.8 Å². The average molecular weight is 298 g/mol. The van der Waals surface area contributed by atoms with Gasteiger partial charge >= 0.3 is 6.18 Å². The van der Waals surface area contributed by atoms with E-state index in [1.807, 2.05) is 0 Å². The van der Waals surface area contributed by atoms with E-state index in [0.29, 0.717) is 4.68 Å². The van der Waals surface area contributed by atoms with Gasteiger partial charge in [0, 0.05) is 25.5 Å². The van der Waals surface area contributed by atoms with Crippen molar-refractivity contribution >= 4 is 5.91 Å². The topological polar surface area (TPSA) is 59.8 Å². The highest BCUT2D eigenvalue weighted by atomic mass is 19.4. The van der Waals surface area contributed by atoms with Crippen molar-refractivity contribution in [3.8, 4) is 0 Å². The molecule has 2 heterocycles. The van der Waals surface area contributed by atoms with E-state index >= 15 is 0 Å². The van der Waals surface area contributed by atoms with E-state index in [4.69, 9.17) is 0 Å². The Bertz CT molecular complexity index is 637. The average Bonchev–Trinajstić information content (AvgIpc) is 2.82. The standard InChI is InChI=1S/C13H13F3N4O/c1-8(9-3-5-17-6-4-9)18-12(21)10-7-11(13(14,15)16)20(2)19-10/h3-8H,1-2H3,(H,18,21)/t8-/m1/s1. The maximum absolute atomic E-state index is 12.7. The summed E-state index contributed by atoms with van der Waals surface area (Å²) in [5, 5.41) is 6.19. The van der Waals surface area contributed by atoms with Crippen LogP contribution in [0.5, 0.6) is 0 Å². The lowest BCUT2D eigenvalue weighted by molar-refractivity contribution is -0.143. The Morgan fingerprint density at radius 2 is 1.95 bits per heavy atom. The van der Waals surface area contributed by atoms with E-state index in [9.17, 15) is 18.0 Å². The molecule has 0 aliphatic carbocycles. The monoisotopic (exact) mass is 298 g/mol. The summed E-state index contributed by atoms with van der Waals surface area (Å²) in [7, 11) is 1.14. The van der Waals surface area contributed by atoms with Crippen molar-refractivity contribution in [2.75, 3.05) is 0 Å². The van der Waals surface area contributed by atoms with Gasteiger partial charge in [-0.25, -0.2) is 0 Å². The molecule has 2 aromatic heterocycles. The highest BCUT2D eigenvalue weighted by Crippen LogP contribution is 2.29. The summed E-state index contributed by atoms with van der Waals surface area (Å²) in [4.78, 5) is 15.8. The number of hydrogen-bond acceptors (Lipinski definition) is 3. The quantitative estimate of drug-likeness (QED) is 0.946. The van der Waals surface area contributed by atoms with Crippen LogP contribution in [-0.4, -0.2) is 20.7 Å². The van der Waals surface area contributed by atoms with Gasteiger partial charge in [0.2, 0.25) is 0 Å². The van der Waals surface area contributed by atoms with Crippen molar-refractivity contribution in [2.24, 2.45) is 7.05 Å². The van der Waals surface area contributed by atoms with Crippen LogP contribution in [0.3, 0.4) is 0 Å². The third-order valence-corrected chi connectivity index (χ3v) is 2.96. The molecule has 0 radical (unpaired) electrons. The molecule has 0 aromatic carbocycles. The maximum atomic E-state index is 12.7. The number of nitrogens with zero attached hydrogens (tertiary/aromatic N) is 3. The van der Waals surface area contributed by atoms with Crippen molar-refractivity contribution in [3.05, 3.63) is 47.5 Å². The predicted octanol–water partition coefficient (Wildman–Crippen LogP) is 2.32. The zero-order valence-electron chi connectivity index (χ0n) is 11.3. The minimum absolute atomic E-state index is 0.272. The van der Waals surface area contributed by atoms with Crippen LogP contribution in [0.2, 0.25) is 0 Å². The summed E-state index contributed by atoms with van der Waals surface area (Å²) in [6, 6.07) is 3.79. The van der Waals surface area contributed by atoms with E-state index in [1.165, 1.54) is 0 Å². The van der Waals surface area contributed by atoms with Gasteiger partial charge in [0.25, 0.3) is 5.91 Å². The Morgan fingerprint density at radius 3 is 2.48 bits per heavy atom. The summed E-state index contributed by atoms with van der Waals surface area (Å²) in [6.45, 7) is 1.72. The van der Waals surface area contributed by atoms with Crippen LogP contribution in [0.25, 0.3) is 0 Å². The second-order valence-electron chi connectivity index (χ2n) is 4.51. The first-order valence-electron chi connectivity index (χ1n) is 6.11. The molecule has 1 N–H and O–H groups in total. The molecule has 2 rings (SSSR count). The fourth-order valence-electron chi connectivity index (χ4n) is 1.85. The largest absolute Gasteiger partial charge is 0.433 e. The highest BCUT2D eigenvalue weighted by Gasteiger charge is 2.35. The van der Waals surface area contributed by atoms with Crippen LogP contribution in [0.1, 0.15) is 34.7 Å². The number of nitrogens with one attached hydrogen (secondary N) is 1. The lowest BCUT2D eigenvalue weighted by Gasteiger charge is -2.12. The van der Waals surface area contributed by atoms with Gasteiger partial charge in [0.1, 0.15) is 5.69 Å². The number of rotatable bonds is 3. The third-order valence-electron chi connectivity index (χ3n) is 2.96. The smallest absolute Gasteiger partial charge is 0.344 e. The number of halogens is 3. The summed E-state index contributed by atoms with van der Waals surface area (Å²) < 4.78 is 38.6. The van der Waals surface area contributed by atoms with Crippen LogP contribution in [-0.2, 0) is 13.2 Å². The summed E-state index contributed by atoms with van der Waals surface area (Å²) in [6.07, 6.45) is -1.40. The molecule has 1 amide bonds. The molecule has 112 valence electrons. The molecule has 21 heavy (non-hydrogen) atoms. The SMILES string of the molecule is C[C@@H](NC(=O)c1cc(C(F)(F)F)n(C)n1)c1ccncc1. The van der Waals surface area contributed by atoms with Crippen molar-refractivity contribution in [3.63, 3.8) is 0 Å². The van der Waals surface area contributed by atoms with Crippen molar-refractivity contribution in [1.82, 2.24) is 20.1 Å². The molecule has 8 heteroatoms. The molecule has 0 aliphatic rings. The second kappa shape index (κ2) is 5.55. The number of carbonyl (C=O) groups is 1. The summed E-state index contributed by atoms with van der Waals surface area (Å²) >= 11 is 0. The number of aromatic nitrogens is 3. The van der Waals surface area contributed by atoms with E-state index in [2.05, 4.69) is 15.4 Å². The molecule has 0 saturated heterocycles. The number of amides is 1. The first-order valence-corrected chi connectivity index (χ1v) is 6.11. The molecule has 0 saturated carbocycles. The van der Waals surface area contributed by atoms with Gasteiger partial charge in [0.15, 0.2) is 5.69 Å². The predicted molar refractivity (Wildman–Crippen MR) is 68.3 cm³/mol. The zero-order chi connectivity index (χ0) is 15.6. The van der Waals surface area contributed by atoms with Gasteiger partial charge in [0.05, 0.1) is 6.04 Å². The minimum atomic E-state index is -4.54. The molecular formula is C13H13F3N4O. The molecule has 0 fully saturated rings. The Morgan fingerprint density at radius 1 is 1.33 bits per heavy atom. The van der Waals surface area contributed by atoms with Crippen LogP contribution < -0.4 is 5.32 Å². The Hall–Kier alpha value is -2.38. The zero-order valence-corrected chi connectivity index (χ0v) is 11.3. The summed E-state index contributed by atoms with van der Waals surface area (Å²) in [5.41, 5.74) is -0.444. The van der Waals surface area contributed by atoms with E-state index in [0.717, 1.165) is 18.7 Å². The Labute approximate surface area is 118 Å². The first kappa shape index (κ1) is 15.0. The number of pyridine rings is 1. The molecule has 5 nitrogen and oxygen atoms in total. The Kier molecular flexibility index (Phi) is 3.97. The van der Waals surface area contributed by atoms with Gasteiger partial charge in [-0.05, 0) is 24.6 Å². The number of carbonyl (C=O) groups excluding carboxylic acids is 1. The third kappa shape index (κ3) is 3.39. The van der Waals surface area contributed by atoms with Gasteiger partial charge in [-0.1, -0.05) is 0 Å². The van der Waals surface area contributed by atoms with Crippen LogP contribution in [0, 0.1) is 0 Å². The summed E-state index contributed by atoms with van der Waals surface area (Å²) in [5.74, 6) is -0.662. The van der Waals surface area contributed by atoms with E-state index in [1.54, 1.807) is 31.5 Å². The van der Waals surface area contributed by atoms with Crippen LogP contribution in [0.4, 0.5) is 13.2 Å². The normalized spacial score (nSPS) is 13.0. The number of alkyl halides is 3. The van der Waals surface area contributed by atoms with Gasteiger partial charge in [-0.3, -0.25) is 14.5 Å². The van der Waals surface area contributed by atoms with Crippen molar-refractivity contribution in [2.45, 2.75) is 19.1 Å². The highest BCUT2D eigenvalue weighted by molar-refractivity contribution is 5.92. The number of hydrogen-bond donors (Lipinski definition) is 1. The fraction of sp³-hybridized carbons (Fsp3) is 0.308. The molecule has 2 aromatic rings. The fourth-order valence-corrected chi connectivity index (χ4v) is 1.85. The van der Waals surface area contributed by atoms with Gasteiger partial charge in [-0.15, -0.1) is 0 Å². The lowest BCUT2D eigenvalue weighted by Crippen LogP contribution is -2.27. The molecule has 0 aliphatic heterocycles. The second-order valence-corrected chi connectivity index (χ2v) is 4.51. The van der Waals surface area contributed by atoms with E-state index in [-0.39, 0.29) is 11.7 Å². The van der Waals surface area contributed by atoms with Crippen molar-refractivity contribution < 1.29 is 18.0 Å². The number of aryl methyl sites for hydroxylation is 1. The van der Waals surface area contributed by atoms with Crippen molar-refractivity contribution in [1.29, 1.82) is 0 Å². The molecular weight excluding hydrogens is 285 g/mol. The minimum Gasteiger partial charge on any atom is -0.344 e. The lowest BCUT2D eigenvalue weighted by atomic mass is 10.1. The molecule has 0 unspecified atom stereocenters. The van der Waals surface area contributed by atoms with Gasteiger partial charge in [-0.2, -0.15) is 18.3 Å². The Balaban J connectivity index is 2.14. The first-order chi connectivity index (χ1) is 9.79.